The fraction of sp³-hybridized carbons (Fsp3) is 0.0526. The first-order valence-electron chi connectivity index (χ1n) is 14.9. The van der Waals surface area contributed by atoms with Crippen LogP contribution in [0.25, 0.3) is 11.1 Å². The Morgan fingerprint density at radius 2 is 0.860 bits per heavy atom. The van der Waals surface area contributed by atoms with Gasteiger partial charge in [-0.3, -0.25) is 4.55 Å². The van der Waals surface area contributed by atoms with Crippen molar-refractivity contribution in [2.75, 3.05) is 0 Å². The summed E-state index contributed by atoms with van der Waals surface area (Å²) in [5.74, 6) is 0.800. The molecule has 0 fully saturated rings. The minimum Gasteiger partial charge on any atom is -0.508 e. The summed E-state index contributed by atoms with van der Waals surface area (Å²) in [5, 5.41) is 40.5. The molecule has 0 unspecified atom stereocenters. The highest BCUT2D eigenvalue weighted by atomic mass is 32.2. The third-order valence-corrected chi connectivity index (χ3v) is 11.1. The maximum atomic E-state index is 10.7. The third kappa shape index (κ3) is 6.36. The van der Waals surface area contributed by atoms with E-state index in [1.807, 2.05) is 48.5 Å². The molecule has 0 aromatic heterocycles. The predicted molar refractivity (Wildman–Crippen MR) is 183 cm³/mol. The van der Waals surface area contributed by atoms with E-state index in [0.717, 1.165) is 48.1 Å². The molecule has 0 atom stereocenters. The number of rotatable bonds is 5. The number of phenolic OH excluding ortho intramolecular Hbond substituents is 4. The van der Waals surface area contributed by atoms with Gasteiger partial charge in [0, 0.05) is 0 Å². The van der Waals surface area contributed by atoms with Crippen molar-refractivity contribution in [1.29, 1.82) is 0 Å². The van der Waals surface area contributed by atoms with Gasteiger partial charge in [-0.15, -0.1) is 0 Å². The molecule has 7 nitrogen and oxygen atoms in total. The van der Waals surface area contributed by atoms with Gasteiger partial charge < -0.3 is 20.4 Å². The number of phenols is 4. The zero-order valence-corrected chi connectivity index (χ0v) is 27.4. The number of aromatic hydroxyl groups is 4. The van der Waals surface area contributed by atoms with Crippen LogP contribution in [0.5, 0.6) is 23.0 Å². The lowest BCUT2D eigenvalue weighted by atomic mass is 9.67. The maximum absolute atomic E-state index is 10.7. The van der Waals surface area contributed by atoms with E-state index in [4.69, 9.17) is 13.0 Å². The highest BCUT2D eigenvalue weighted by Crippen LogP contribution is 2.57. The third-order valence-electron chi connectivity index (χ3n) is 8.29. The molecule has 6 aromatic carbocycles. The van der Waals surface area contributed by atoms with E-state index in [2.05, 4.69) is 42.5 Å². The summed E-state index contributed by atoms with van der Waals surface area (Å²) in [6.07, 6.45) is 0. The van der Waals surface area contributed by atoms with E-state index in [1.165, 1.54) is 0 Å². The second-order valence-electron chi connectivity index (χ2n) is 11.3. The Morgan fingerprint density at radius 3 is 1.28 bits per heavy atom. The van der Waals surface area contributed by atoms with Crippen molar-refractivity contribution in [2.24, 2.45) is 0 Å². The van der Waals surface area contributed by atoms with Crippen molar-refractivity contribution < 1.29 is 46.6 Å². The van der Waals surface area contributed by atoms with Crippen LogP contribution in [-0.2, 0) is 26.4 Å². The van der Waals surface area contributed by atoms with Crippen molar-refractivity contribution >= 4 is 21.0 Å². The Hall–Kier alpha value is -5.43. The van der Waals surface area contributed by atoms with E-state index in [1.54, 1.807) is 48.5 Å². The monoisotopic (exact) mass is 717 g/mol. The quantitative estimate of drug-likeness (QED) is 0.0686. The molecule has 50 heavy (non-hydrogen) atoms. The molecule has 7 rings (SSSR count). The fourth-order valence-electron chi connectivity index (χ4n) is 6.17. The SMILES string of the molecule is O=S(=O)(O)C(F)(F)F.Oc1ccc([S+](c2ccc(O)cc2)c2ccc3c(c2)C(c2ccc(O)cc2)(c2ccc(O)cc2)c2ccccc2-3)cc1. The molecule has 0 heterocycles. The lowest BCUT2D eigenvalue weighted by molar-refractivity contribution is -0.0510. The van der Waals surface area contributed by atoms with Gasteiger partial charge in [-0.05, 0) is 124 Å². The van der Waals surface area contributed by atoms with Crippen LogP contribution < -0.4 is 0 Å². The predicted octanol–water partition coefficient (Wildman–Crippen LogP) is 8.36. The van der Waals surface area contributed by atoms with E-state index < -0.39 is 31.9 Å². The van der Waals surface area contributed by atoms with Crippen LogP contribution in [0.15, 0.2) is 154 Å². The summed E-state index contributed by atoms with van der Waals surface area (Å²) >= 11 is 0. The zero-order valence-electron chi connectivity index (χ0n) is 25.8. The minimum atomic E-state index is -5.84. The number of benzene rings is 6. The Bertz CT molecular complexity index is 2160. The molecular formula is C38H28F3O7S2+. The van der Waals surface area contributed by atoms with Gasteiger partial charge in [0.15, 0.2) is 14.7 Å². The van der Waals surface area contributed by atoms with Gasteiger partial charge >= 0.3 is 15.6 Å². The molecule has 0 amide bonds. The molecule has 6 aromatic rings. The summed E-state index contributed by atoms with van der Waals surface area (Å²) in [7, 11) is -6.38. The van der Waals surface area contributed by atoms with Gasteiger partial charge in [0.05, 0.1) is 16.3 Å². The van der Waals surface area contributed by atoms with Crippen LogP contribution in [0.1, 0.15) is 22.3 Å². The molecule has 0 spiro atoms. The summed E-state index contributed by atoms with van der Waals surface area (Å²) in [6, 6.07) is 44.4. The smallest absolute Gasteiger partial charge is 0.508 e. The van der Waals surface area contributed by atoms with Crippen molar-refractivity contribution in [3.8, 4) is 34.1 Å². The lowest BCUT2D eigenvalue weighted by Crippen LogP contribution is -2.28. The largest absolute Gasteiger partial charge is 0.522 e. The molecular weight excluding hydrogens is 690 g/mol. The van der Waals surface area contributed by atoms with E-state index in [0.29, 0.717) is 0 Å². The molecule has 0 bridgehead atoms. The summed E-state index contributed by atoms with van der Waals surface area (Å²) in [6.45, 7) is 0. The maximum Gasteiger partial charge on any atom is 0.522 e. The van der Waals surface area contributed by atoms with Crippen molar-refractivity contribution in [3.05, 3.63) is 162 Å². The van der Waals surface area contributed by atoms with Crippen LogP contribution >= 0.6 is 0 Å². The Balaban J connectivity index is 0.000000485. The number of hydrogen-bond acceptors (Lipinski definition) is 6. The fourth-order valence-corrected chi connectivity index (χ4v) is 8.24. The summed E-state index contributed by atoms with van der Waals surface area (Å²) in [4.78, 5) is 3.16. The highest BCUT2D eigenvalue weighted by molar-refractivity contribution is 7.97. The van der Waals surface area contributed by atoms with E-state index in [9.17, 15) is 33.6 Å². The van der Waals surface area contributed by atoms with Crippen molar-refractivity contribution in [3.63, 3.8) is 0 Å². The second-order valence-corrected chi connectivity index (χ2v) is 14.8. The lowest BCUT2D eigenvalue weighted by Gasteiger charge is -2.34. The zero-order chi connectivity index (χ0) is 35.8. The van der Waals surface area contributed by atoms with Crippen LogP contribution in [0.2, 0.25) is 0 Å². The highest BCUT2D eigenvalue weighted by Gasteiger charge is 2.47. The molecule has 1 aliphatic carbocycles. The number of fused-ring (bicyclic) bond motifs is 3. The van der Waals surface area contributed by atoms with E-state index in [-0.39, 0.29) is 23.0 Å². The number of alkyl halides is 3. The van der Waals surface area contributed by atoms with Gasteiger partial charge in [0.25, 0.3) is 0 Å². The van der Waals surface area contributed by atoms with Gasteiger partial charge in [-0.1, -0.05) is 48.5 Å². The van der Waals surface area contributed by atoms with Crippen LogP contribution in [0, 0.1) is 0 Å². The topological polar surface area (TPSA) is 135 Å². The first-order chi connectivity index (χ1) is 23.7. The molecule has 0 saturated carbocycles. The van der Waals surface area contributed by atoms with Gasteiger partial charge in [-0.25, -0.2) is 0 Å². The molecule has 5 N–H and O–H groups in total. The second kappa shape index (κ2) is 13.1. The number of halogens is 3. The normalized spacial score (nSPS) is 13.2. The molecule has 1 aliphatic rings. The summed E-state index contributed by atoms with van der Waals surface area (Å²) < 4.78 is 57.5. The van der Waals surface area contributed by atoms with Gasteiger partial charge in [0.2, 0.25) is 0 Å². The molecule has 254 valence electrons. The molecule has 12 heteroatoms. The Labute approximate surface area is 288 Å². The molecule has 0 radical (unpaired) electrons. The van der Waals surface area contributed by atoms with Crippen LogP contribution in [0.3, 0.4) is 0 Å². The van der Waals surface area contributed by atoms with Crippen LogP contribution in [-0.4, -0.2) is 38.9 Å². The van der Waals surface area contributed by atoms with Crippen molar-refractivity contribution in [2.45, 2.75) is 25.6 Å². The first kappa shape index (κ1) is 34.4. The van der Waals surface area contributed by atoms with Gasteiger partial charge in [-0.2, -0.15) is 21.6 Å². The molecule has 0 saturated heterocycles. The average molecular weight is 718 g/mol. The molecule has 0 aliphatic heterocycles. The Kier molecular flexibility index (Phi) is 9.04. The summed E-state index contributed by atoms with van der Waals surface area (Å²) in [5.41, 5.74) is 0.252. The van der Waals surface area contributed by atoms with Crippen molar-refractivity contribution in [1.82, 2.24) is 0 Å². The minimum absolute atomic E-state index is 0.195. The average Bonchev–Trinajstić information content (AvgIpc) is 3.37. The first-order valence-corrected chi connectivity index (χ1v) is 17.6. The van der Waals surface area contributed by atoms with E-state index >= 15 is 0 Å². The standard InChI is InChI=1S/C37H26O4S.CHF3O3S/c38-26-9-5-24(6-10-26)37(25-7-11-27(39)12-8-25)35-4-2-1-3-33(35)34-22-21-32(23-36(34)37)42(30-17-13-28(40)14-18-30)31-19-15-29(41)16-20-31;2-1(3,4)8(5,6)7/h1-23H,(H3-,38,39,40,41);(H,5,6,7)/p+1. The van der Waals surface area contributed by atoms with Crippen LogP contribution in [0.4, 0.5) is 13.2 Å². The van der Waals surface area contributed by atoms with Gasteiger partial charge in [0.1, 0.15) is 23.0 Å². The Morgan fingerprint density at radius 1 is 0.500 bits per heavy atom. The number of hydrogen-bond donors (Lipinski definition) is 5.